The largest absolute Gasteiger partial charge is 0.380 e. The minimum atomic E-state index is 0.305. The van der Waals surface area contributed by atoms with Crippen LogP contribution in [0.2, 0.25) is 0 Å². The smallest absolute Gasteiger partial charge is 0.208 e. The molecule has 0 aromatic carbocycles. The Labute approximate surface area is 91.6 Å². The summed E-state index contributed by atoms with van der Waals surface area (Å²) in [5, 5.41) is 0. The van der Waals surface area contributed by atoms with E-state index in [4.69, 9.17) is 10.6 Å². The van der Waals surface area contributed by atoms with Crippen LogP contribution in [-0.2, 0) is 4.74 Å². The van der Waals surface area contributed by atoms with Crippen LogP contribution in [0.5, 0.6) is 0 Å². The zero-order valence-corrected chi connectivity index (χ0v) is 9.70. The first-order valence-electron chi connectivity index (χ1n) is 5.60. The van der Waals surface area contributed by atoms with Crippen LogP contribution in [0.15, 0.2) is 4.99 Å². The molecule has 1 rings (SSSR count). The number of hydrogen-bond acceptors (Lipinski definition) is 3. The van der Waals surface area contributed by atoms with Crippen LogP contribution in [-0.4, -0.2) is 43.7 Å². The molecule has 0 spiro atoms. The van der Waals surface area contributed by atoms with Crippen LogP contribution >= 0.6 is 0 Å². The van der Waals surface area contributed by atoms with Crippen LogP contribution in [0.25, 0.3) is 0 Å². The molecule has 1 atom stereocenters. The van der Waals surface area contributed by atoms with Crippen LogP contribution in [0.3, 0.4) is 0 Å². The van der Waals surface area contributed by atoms with E-state index in [9.17, 15) is 0 Å². The first-order chi connectivity index (χ1) is 7.31. The lowest BCUT2D eigenvalue weighted by atomic mass is 10.1. The van der Waals surface area contributed by atoms with E-state index in [0.29, 0.717) is 6.10 Å². The van der Waals surface area contributed by atoms with Gasteiger partial charge in [-0.25, -0.2) is 5.84 Å². The SMILES string of the molecule is CCCN=C(NN)N1CCCC(OC)C1. The molecule has 0 amide bonds. The van der Waals surface area contributed by atoms with Gasteiger partial charge in [-0.15, -0.1) is 0 Å². The van der Waals surface area contributed by atoms with Gasteiger partial charge in [0.25, 0.3) is 0 Å². The fourth-order valence-electron chi connectivity index (χ4n) is 1.78. The third-order valence-electron chi connectivity index (χ3n) is 2.63. The maximum Gasteiger partial charge on any atom is 0.208 e. The van der Waals surface area contributed by atoms with Gasteiger partial charge in [0.15, 0.2) is 0 Å². The van der Waals surface area contributed by atoms with Crippen molar-refractivity contribution in [2.24, 2.45) is 10.8 Å². The number of guanidine groups is 1. The van der Waals surface area contributed by atoms with E-state index in [1.807, 2.05) is 0 Å². The molecule has 5 nitrogen and oxygen atoms in total. The van der Waals surface area contributed by atoms with E-state index in [1.54, 1.807) is 7.11 Å². The first kappa shape index (κ1) is 12.3. The molecule has 1 aliphatic heterocycles. The lowest BCUT2D eigenvalue weighted by molar-refractivity contribution is 0.0525. The number of rotatable bonds is 3. The molecule has 88 valence electrons. The highest BCUT2D eigenvalue weighted by Crippen LogP contribution is 2.12. The number of likely N-dealkylation sites (tertiary alicyclic amines) is 1. The van der Waals surface area contributed by atoms with Gasteiger partial charge in [0.1, 0.15) is 0 Å². The molecule has 15 heavy (non-hydrogen) atoms. The molecule has 3 N–H and O–H groups in total. The van der Waals surface area contributed by atoms with Gasteiger partial charge < -0.3 is 9.64 Å². The number of nitrogens with zero attached hydrogens (tertiary/aromatic N) is 2. The summed E-state index contributed by atoms with van der Waals surface area (Å²) >= 11 is 0. The number of piperidine rings is 1. The van der Waals surface area contributed by atoms with Gasteiger partial charge in [-0.2, -0.15) is 0 Å². The van der Waals surface area contributed by atoms with Gasteiger partial charge >= 0.3 is 0 Å². The second-order valence-electron chi connectivity index (χ2n) is 3.80. The first-order valence-corrected chi connectivity index (χ1v) is 5.60. The maximum atomic E-state index is 5.47. The van der Waals surface area contributed by atoms with E-state index in [-0.39, 0.29) is 0 Å². The van der Waals surface area contributed by atoms with Gasteiger partial charge in [0.2, 0.25) is 5.96 Å². The van der Waals surface area contributed by atoms with Crippen molar-refractivity contribution in [1.82, 2.24) is 10.3 Å². The Balaban J connectivity index is 2.51. The highest BCUT2D eigenvalue weighted by molar-refractivity contribution is 5.79. The van der Waals surface area contributed by atoms with Gasteiger partial charge in [0.05, 0.1) is 6.10 Å². The van der Waals surface area contributed by atoms with Gasteiger partial charge in [0, 0.05) is 26.7 Å². The highest BCUT2D eigenvalue weighted by Gasteiger charge is 2.21. The summed E-state index contributed by atoms with van der Waals surface area (Å²) in [5.41, 5.74) is 2.67. The number of nitrogens with two attached hydrogens (primary N) is 1. The number of hydrazine groups is 1. The minimum absolute atomic E-state index is 0.305. The standard InChI is InChI=1S/C10H22N4O/c1-3-6-12-10(13-11)14-7-4-5-9(8-14)15-2/h9H,3-8,11H2,1-2H3,(H,12,13). The van der Waals surface area contributed by atoms with Crippen LogP contribution in [0, 0.1) is 0 Å². The van der Waals surface area contributed by atoms with Crippen LogP contribution in [0.4, 0.5) is 0 Å². The lowest BCUT2D eigenvalue weighted by Gasteiger charge is -2.33. The van der Waals surface area contributed by atoms with Crippen molar-refractivity contribution < 1.29 is 4.74 Å². The molecule has 0 aromatic rings. The molecular weight excluding hydrogens is 192 g/mol. The zero-order valence-electron chi connectivity index (χ0n) is 9.70. The third-order valence-corrected chi connectivity index (χ3v) is 2.63. The lowest BCUT2D eigenvalue weighted by Crippen LogP contribution is -2.50. The summed E-state index contributed by atoms with van der Waals surface area (Å²) in [6, 6.07) is 0. The summed E-state index contributed by atoms with van der Waals surface area (Å²) in [6.45, 7) is 4.80. The van der Waals surface area contributed by atoms with Crippen molar-refractivity contribution in [3.05, 3.63) is 0 Å². The molecule has 1 saturated heterocycles. The Morgan fingerprint density at radius 1 is 1.67 bits per heavy atom. The number of hydrogen-bond donors (Lipinski definition) is 2. The molecule has 1 heterocycles. The molecule has 0 aliphatic carbocycles. The van der Waals surface area contributed by atoms with Gasteiger partial charge in [-0.3, -0.25) is 10.4 Å². The monoisotopic (exact) mass is 214 g/mol. The zero-order chi connectivity index (χ0) is 11.1. The summed E-state index contributed by atoms with van der Waals surface area (Å²) < 4.78 is 5.36. The van der Waals surface area contributed by atoms with Crippen molar-refractivity contribution in [2.45, 2.75) is 32.3 Å². The fourth-order valence-corrected chi connectivity index (χ4v) is 1.78. The average Bonchev–Trinajstić information content (AvgIpc) is 2.30. The molecule has 1 unspecified atom stereocenters. The van der Waals surface area contributed by atoms with E-state index >= 15 is 0 Å². The Hall–Kier alpha value is -0.810. The Morgan fingerprint density at radius 3 is 3.07 bits per heavy atom. The van der Waals surface area contributed by atoms with Crippen molar-refractivity contribution in [3.8, 4) is 0 Å². The van der Waals surface area contributed by atoms with Gasteiger partial charge in [-0.1, -0.05) is 6.92 Å². The highest BCUT2D eigenvalue weighted by atomic mass is 16.5. The average molecular weight is 214 g/mol. The second-order valence-corrected chi connectivity index (χ2v) is 3.80. The Bertz CT molecular complexity index is 208. The van der Waals surface area contributed by atoms with E-state index in [1.165, 1.54) is 0 Å². The normalized spacial score (nSPS) is 23.0. The van der Waals surface area contributed by atoms with Crippen molar-refractivity contribution in [3.63, 3.8) is 0 Å². The second kappa shape index (κ2) is 6.63. The number of methoxy groups -OCH3 is 1. The van der Waals surface area contributed by atoms with Crippen LogP contribution < -0.4 is 11.3 Å². The Morgan fingerprint density at radius 2 is 2.47 bits per heavy atom. The summed E-state index contributed by atoms with van der Waals surface area (Å²) in [5.74, 6) is 6.26. The third kappa shape index (κ3) is 3.68. The number of aliphatic imine (C=N–C) groups is 1. The maximum absolute atomic E-state index is 5.47. The minimum Gasteiger partial charge on any atom is -0.380 e. The van der Waals surface area contributed by atoms with E-state index in [2.05, 4.69) is 22.2 Å². The van der Waals surface area contributed by atoms with E-state index in [0.717, 1.165) is 44.9 Å². The van der Waals surface area contributed by atoms with Gasteiger partial charge in [-0.05, 0) is 19.3 Å². The summed E-state index contributed by atoms with van der Waals surface area (Å²) in [4.78, 5) is 6.56. The summed E-state index contributed by atoms with van der Waals surface area (Å²) in [6.07, 6.45) is 3.59. The van der Waals surface area contributed by atoms with Crippen molar-refractivity contribution in [1.29, 1.82) is 0 Å². The molecule has 5 heteroatoms. The Kier molecular flexibility index (Phi) is 5.42. The quantitative estimate of drug-likeness (QED) is 0.307. The molecule has 1 fully saturated rings. The molecular formula is C10H22N4O. The molecule has 0 aromatic heterocycles. The predicted octanol–water partition coefficient (Wildman–Crippen LogP) is 0.327. The van der Waals surface area contributed by atoms with Crippen molar-refractivity contribution >= 4 is 5.96 Å². The number of nitrogens with one attached hydrogen (secondary N) is 1. The topological polar surface area (TPSA) is 62.9 Å². The molecule has 1 aliphatic rings. The fraction of sp³-hybridized carbons (Fsp3) is 0.900. The van der Waals surface area contributed by atoms with Crippen molar-refractivity contribution in [2.75, 3.05) is 26.7 Å². The van der Waals surface area contributed by atoms with Crippen LogP contribution in [0.1, 0.15) is 26.2 Å². The molecule has 0 radical (unpaired) electrons. The summed E-state index contributed by atoms with van der Waals surface area (Å²) in [7, 11) is 1.76. The predicted molar refractivity (Wildman–Crippen MR) is 61.5 cm³/mol. The molecule has 0 bridgehead atoms. The number of ether oxygens (including phenoxy) is 1. The van der Waals surface area contributed by atoms with E-state index < -0.39 is 0 Å². The molecule has 0 saturated carbocycles.